The second-order valence-corrected chi connectivity index (χ2v) is 7.47. The molecule has 0 amide bonds. The lowest BCUT2D eigenvalue weighted by Crippen LogP contribution is -2.12. The fourth-order valence-corrected chi connectivity index (χ4v) is 4.58. The molecule has 0 fully saturated rings. The first-order chi connectivity index (χ1) is 13.9. The van der Waals surface area contributed by atoms with E-state index in [9.17, 15) is 0 Å². The van der Waals surface area contributed by atoms with Gasteiger partial charge in [0.05, 0.1) is 11.2 Å². The van der Waals surface area contributed by atoms with Gasteiger partial charge in [-0.1, -0.05) is 66.7 Å². The third kappa shape index (κ3) is 2.21. The summed E-state index contributed by atoms with van der Waals surface area (Å²) in [6, 6.07) is 32.7. The molecule has 1 aromatic heterocycles. The molecular formula is C26H20N2. The van der Waals surface area contributed by atoms with Crippen LogP contribution in [0.4, 0.5) is 17.1 Å². The van der Waals surface area contributed by atoms with E-state index in [-0.39, 0.29) is 0 Å². The predicted molar refractivity (Wildman–Crippen MR) is 118 cm³/mol. The van der Waals surface area contributed by atoms with E-state index in [2.05, 4.69) is 101 Å². The predicted octanol–water partition coefficient (Wildman–Crippen LogP) is 6.89. The lowest BCUT2D eigenvalue weighted by molar-refractivity contribution is 0.979. The highest BCUT2D eigenvalue weighted by Gasteiger charge is 2.25. The Kier molecular flexibility index (Phi) is 3.33. The molecule has 1 aliphatic heterocycles. The highest BCUT2D eigenvalue weighted by atomic mass is 15.2. The average Bonchev–Trinajstić information content (AvgIpc) is 3.04. The largest absolute Gasteiger partial charge is 0.353 e. The van der Waals surface area contributed by atoms with Gasteiger partial charge in [0.1, 0.15) is 0 Å². The molecular weight excluding hydrogens is 340 g/mol. The van der Waals surface area contributed by atoms with Gasteiger partial charge >= 0.3 is 0 Å². The molecule has 0 aliphatic carbocycles. The lowest BCUT2D eigenvalue weighted by atomic mass is 10.0. The third-order valence-corrected chi connectivity index (χ3v) is 5.87. The molecule has 0 spiro atoms. The van der Waals surface area contributed by atoms with Gasteiger partial charge in [-0.05, 0) is 48.2 Å². The summed E-state index contributed by atoms with van der Waals surface area (Å²) in [6.07, 6.45) is 2.10. The lowest BCUT2D eigenvalue weighted by Gasteiger charge is -2.27. The van der Waals surface area contributed by atoms with E-state index >= 15 is 0 Å². The number of para-hydroxylation sites is 3. The van der Waals surface area contributed by atoms with Gasteiger partial charge in [0.2, 0.25) is 0 Å². The summed E-state index contributed by atoms with van der Waals surface area (Å²) in [5, 5.41) is 2.57. The van der Waals surface area contributed by atoms with Crippen molar-refractivity contribution in [2.75, 3.05) is 4.90 Å². The first-order valence-corrected chi connectivity index (χ1v) is 9.85. The van der Waals surface area contributed by atoms with Gasteiger partial charge in [-0.15, -0.1) is 0 Å². The molecule has 4 aromatic carbocycles. The zero-order chi connectivity index (χ0) is 18.5. The molecule has 0 saturated heterocycles. The van der Waals surface area contributed by atoms with Crippen LogP contribution in [-0.4, -0.2) is 4.98 Å². The van der Waals surface area contributed by atoms with Crippen LogP contribution in [0.25, 0.3) is 21.8 Å². The number of rotatable bonds is 1. The summed E-state index contributed by atoms with van der Waals surface area (Å²) in [5.74, 6) is 0. The maximum atomic E-state index is 3.72. The van der Waals surface area contributed by atoms with E-state index in [0.717, 1.165) is 12.8 Å². The van der Waals surface area contributed by atoms with Gasteiger partial charge in [0.15, 0.2) is 0 Å². The van der Waals surface area contributed by atoms with Crippen molar-refractivity contribution in [3.05, 3.63) is 102 Å². The number of H-pyrrole nitrogens is 1. The zero-order valence-electron chi connectivity index (χ0n) is 15.5. The SMILES string of the molecule is c1ccc(N2c3ccccc3CCc3ccc4c([nH]c5ccccc54)c32)cc1. The van der Waals surface area contributed by atoms with Crippen molar-refractivity contribution in [2.24, 2.45) is 0 Å². The smallest absolute Gasteiger partial charge is 0.0735 e. The van der Waals surface area contributed by atoms with Crippen molar-refractivity contribution < 1.29 is 0 Å². The molecule has 0 atom stereocenters. The Balaban J connectivity index is 1.75. The molecule has 2 heteroatoms. The molecule has 1 aliphatic rings. The van der Waals surface area contributed by atoms with Crippen molar-refractivity contribution in [3.63, 3.8) is 0 Å². The summed E-state index contributed by atoms with van der Waals surface area (Å²) in [5.41, 5.74) is 8.95. The molecule has 2 nitrogen and oxygen atoms in total. The summed E-state index contributed by atoms with van der Waals surface area (Å²) < 4.78 is 0. The molecule has 6 rings (SSSR count). The Morgan fingerprint density at radius 2 is 1.36 bits per heavy atom. The van der Waals surface area contributed by atoms with Crippen LogP contribution in [-0.2, 0) is 12.8 Å². The number of fused-ring (bicyclic) bond motifs is 6. The number of aromatic amines is 1. The Morgan fingerprint density at radius 1 is 0.607 bits per heavy atom. The number of hydrogen-bond donors (Lipinski definition) is 1. The van der Waals surface area contributed by atoms with Gasteiger partial charge < -0.3 is 9.88 Å². The highest BCUT2D eigenvalue weighted by Crippen LogP contribution is 2.45. The average molecular weight is 360 g/mol. The minimum atomic E-state index is 1.04. The molecule has 0 saturated carbocycles. The van der Waals surface area contributed by atoms with Crippen molar-refractivity contribution in [3.8, 4) is 0 Å². The molecule has 0 bridgehead atoms. The fraction of sp³-hybridized carbons (Fsp3) is 0.0769. The number of hydrogen-bond acceptors (Lipinski definition) is 1. The van der Waals surface area contributed by atoms with E-state index in [1.54, 1.807) is 0 Å². The molecule has 0 radical (unpaired) electrons. The first-order valence-electron chi connectivity index (χ1n) is 9.85. The van der Waals surface area contributed by atoms with Gasteiger partial charge in [-0.25, -0.2) is 0 Å². The maximum absolute atomic E-state index is 3.72. The van der Waals surface area contributed by atoms with E-state index in [0.29, 0.717) is 0 Å². The molecule has 2 heterocycles. The highest BCUT2D eigenvalue weighted by molar-refractivity contribution is 6.13. The second kappa shape index (κ2) is 6.00. The molecule has 28 heavy (non-hydrogen) atoms. The van der Waals surface area contributed by atoms with Crippen molar-refractivity contribution in [1.82, 2.24) is 4.98 Å². The topological polar surface area (TPSA) is 19.0 Å². The first kappa shape index (κ1) is 15.5. The van der Waals surface area contributed by atoms with Crippen LogP contribution in [0.1, 0.15) is 11.1 Å². The van der Waals surface area contributed by atoms with E-state index in [1.165, 1.54) is 50.0 Å². The van der Waals surface area contributed by atoms with Gasteiger partial charge in [-0.3, -0.25) is 0 Å². The van der Waals surface area contributed by atoms with Crippen LogP contribution in [0.2, 0.25) is 0 Å². The van der Waals surface area contributed by atoms with Gasteiger partial charge in [0.25, 0.3) is 0 Å². The Hall–Kier alpha value is -3.52. The van der Waals surface area contributed by atoms with Crippen LogP contribution in [0.5, 0.6) is 0 Å². The van der Waals surface area contributed by atoms with Crippen LogP contribution in [0.15, 0.2) is 91.0 Å². The van der Waals surface area contributed by atoms with Crippen molar-refractivity contribution in [1.29, 1.82) is 0 Å². The molecule has 1 N–H and O–H groups in total. The quantitative estimate of drug-likeness (QED) is 0.345. The number of anilines is 3. The number of nitrogens with one attached hydrogen (secondary N) is 1. The molecule has 0 unspecified atom stereocenters. The van der Waals surface area contributed by atoms with Crippen LogP contribution >= 0.6 is 0 Å². The third-order valence-electron chi connectivity index (χ3n) is 5.87. The van der Waals surface area contributed by atoms with Crippen molar-refractivity contribution in [2.45, 2.75) is 12.8 Å². The Bertz CT molecular complexity index is 1310. The second-order valence-electron chi connectivity index (χ2n) is 7.47. The number of nitrogens with zero attached hydrogens (tertiary/aromatic N) is 1. The van der Waals surface area contributed by atoms with Crippen molar-refractivity contribution >= 4 is 38.9 Å². The normalized spacial score (nSPS) is 13.4. The molecule has 5 aromatic rings. The summed E-state index contributed by atoms with van der Waals surface area (Å²) in [7, 11) is 0. The number of benzene rings is 4. The van der Waals surface area contributed by atoms with Gasteiger partial charge in [-0.2, -0.15) is 0 Å². The zero-order valence-corrected chi connectivity index (χ0v) is 15.5. The Morgan fingerprint density at radius 3 is 2.29 bits per heavy atom. The number of aryl methyl sites for hydroxylation is 2. The maximum Gasteiger partial charge on any atom is 0.0735 e. The minimum Gasteiger partial charge on any atom is -0.353 e. The number of aromatic nitrogens is 1. The van der Waals surface area contributed by atoms with Gasteiger partial charge in [0, 0.05) is 27.7 Å². The monoisotopic (exact) mass is 360 g/mol. The van der Waals surface area contributed by atoms with Crippen LogP contribution in [0.3, 0.4) is 0 Å². The van der Waals surface area contributed by atoms with E-state index in [1.807, 2.05) is 0 Å². The summed E-state index contributed by atoms with van der Waals surface area (Å²) in [4.78, 5) is 6.16. The van der Waals surface area contributed by atoms with E-state index < -0.39 is 0 Å². The van der Waals surface area contributed by atoms with E-state index in [4.69, 9.17) is 0 Å². The fourth-order valence-electron chi connectivity index (χ4n) is 4.58. The Labute approximate surface area is 164 Å². The minimum absolute atomic E-state index is 1.04. The van der Waals surface area contributed by atoms with Crippen LogP contribution in [0, 0.1) is 0 Å². The summed E-state index contributed by atoms with van der Waals surface area (Å²) >= 11 is 0. The standard InChI is InChI=1S/C26H20N2/c1-2-9-20(10-3-1)28-24-13-7-4-8-18(24)14-15-19-16-17-22-21-11-5-6-12-23(21)27-25(22)26(19)28/h1-13,16-17,27H,14-15H2. The summed E-state index contributed by atoms with van der Waals surface area (Å²) in [6.45, 7) is 0. The van der Waals surface area contributed by atoms with Crippen LogP contribution < -0.4 is 4.90 Å². The molecule has 134 valence electrons.